The fraction of sp³-hybridized carbons (Fsp3) is 0.200. The Morgan fingerprint density at radius 2 is 2.21 bits per heavy atom. The van der Waals surface area contributed by atoms with E-state index >= 15 is 0 Å². The van der Waals surface area contributed by atoms with Crippen molar-refractivity contribution in [2.75, 3.05) is 19.1 Å². The van der Waals surface area contributed by atoms with Crippen LogP contribution in [0.25, 0.3) is 5.82 Å². The monoisotopic (exact) mass is 280 g/mol. The van der Waals surface area contributed by atoms with Crippen molar-refractivity contribution >= 4 is 23.5 Å². The summed E-state index contributed by atoms with van der Waals surface area (Å²) < 4.78 is 6.38. The highest BCUT2D eigenvalue weighted by Crippen LogP contribution is 2.21. The summed E-state index contributed by atoms with van der Waals surface area (Å²) in [5.74, 6) is 0.265. The molecule has 0 fully saturated rings. The van der Waals surface area contributed by atoms with E-state index in [0.717, 1.165) is 0 Å². The first-order valence-corrected chi connectivity index (χ1v) is 6.40. The number of nitrogens with two attached hydrogens (primary N) is 2. The second kappa shape index (κ2) is 5.14. The van der Waals surface area contributed by atoms with Crippen molar-refractivity contribution in [3.63, 3.8) is 0 Å². The van der Waals surface area contributed by atoms with Crippen LogP contribution in [0.4, 0.5) is 5.82 Å². The lowest BCUT2D eigenvalue weighted by Gasteiger charge is -2.07. The number of methoxy groups -OCH3 is 1. The SMILES string of the molecule is COc1cc(-n2ncc(C(N)=O)c2N)nc(SC)n1. The van der Waals surface area contributed by atoms with Gasteiger partial charge in [0.25, 0.3) is 5.91 Å². The van der Waals surface area contributed by atoms with Gasteiger partial charge in [-0.05, 0) is 6.26 Å². The molecule has 0 aliphatic carbocycles. The summed E-state index contributed by atoms with van der Waals surface area (Å²) in [5, 5.41) is 4.50. The predicted molar refractivity (Wildman–Crippen MR) is 70.4 cm³/mol. The van der Waals surface area contributed by atoms with E-state index in [1.807, 2.05) is 6.26 Å². The van der Waals surface area contributed by atoms with E-state index in [1.54, 1.807) is 6.07 Å². The number of primary amides is 1. The summed E-state index contributed by atoms with van der Waals surface area (Å²) >= 11 is 1.35. The normalized spacial score (nSPS) is 10.4. The lowest BCUT2D eigenvalue weighted by Crippen LogP contribution is -2.14. The Labute approximate surface area is 113 Å². The number of aromatic nitrogens is 4. The van der Waals surface area contributed by atoms with Crippen LogP contribution < -0.4 is 16.2 Å². The molecule has 0 aliphatic heterocycles. The minimum Gasteiger partial charge on any atom is -0.481 e. The zero-order valence-electron chi connectivity index (χ0n) is 10.3. The third kappa shape index (κ3) is 2.45. The molecule has 0 unspecified atom stereocenters. The van der Waals surface area contributed by atoms with Gasteiger partial charge in [-0.15, -0.1) is 0 Å². The van der Waals surface area contributed by atoms with Crippen LogP contribution in [0.1, 0.15) is 10.4 Å². The molecule has 0 bridgehead atoms. The van der Waals surface area contributed by atoms with Gasteiger partial charge in [0.15, 0.2) is 11.0 Å². The van der Waals surface area contributed by atoms with Crippen molar-refractivity contribution in [3.05, 3.63) is 17.8 Å². The molecule has 2 aromatic heterocycles. The largest absolute Gasteiger partial charge is 0.481 e. The third-order valence-corrected chi connectivity index (χ3v) is 2.90. The molecule has 19 heavy (non-hydrogen) atoms. The number of nitrogens with zero attached hydrogens (tertiary/aromatic N) is 4. The standard InChI is InChI=1S/C10H12N6O2S/c1-18-7-3-6(14-10(15-7)19-2)16-8(11)5(4-13-16)9(12)17/h3-4H,11H2,1-2H3,(H2,12,17). The second-order valence-electron chi connectivity index (χ2n) is 3.47. The zero-order valence-corrected chi connectivity index (χ0v) is 11.1. The first-order chi connectivity index (χ1) is 9.06. The molecule has 2 heterocycles. The number of carbonyl (C=O) groups is 1. The minimum absolute atomic E-state index is 0.125. The summed E-state index contributed by atoms with van der Waals surface area (Å²) in [6.07, 6.45) is 3.13. The number of hydrogen-bond acceptors (Lipinski definition) is 7. The molecule has 0 aliphatic rings. The predicted octanol–water partition coefficient (Wildman–Crippen LogP) is 0.0739. The van der Waals surface area contributed by atoms with Crippen molar-refractivity contribution in [2.45, 2.75) is 5.16 Å². The number of ether oxygens (including phenoxy) is 1. The number of amides is 1. The Kier molecular flexibility index (Phi) is 3.56. The Bertz CT molecular complexity index is 604. The maximum Gasteiger partial charge on any atom is 0.254 e. The Hall–Kier alpha value is -2.29. The van der Waals surface area contributed by atoms with Crippen LogP contribution in [0.15, 0.2) is 17.4 Å². The lowest BCUT2D eigenvalue weighted by atomic mass is 10.3. The highest BCUT2D eigenvalue weighted by molar-refractivity contribution is 7.98. The minimum atomic E-state index is -0.644. The molecular weight excluding hydrogens is 268 g/mol. The van der Waals surface area contributed by atoms with Gasteiger partial charge in [-0.1, -0.05) is 11.8 Å². The number of carbonyl (C=O) groups excluding carboxylic acids is 1. The fourth-order valence-electron chi connectivity index (χ4n) is 1.43. The van der Waals surface area contributed by atoms with Crippen molar-refractivity contribution in [1.29, 1.82) is 0 Å². The Morgan fingerprint density at radius 3 is 2.74 bits per heavy atom. The van der Waals surface area contributed by atoms with Gasteiger partial charge in [-0.25, -0.2) is 4.98 Å². The number of nitrogen functional groups attached to an aromatic ring is 1. The van der Waals surface area contributed by atoms with Gasteiger partial charge in [0.2, 0.25) is 5.88 Å². The van der Waals surface area contributed by atoms with Gasteiger partial charge in [0.1, 0.15) is 11.4 Å². The summed E-state index contributed by atoms with van der Waals surface area (Å²) in [6.45, 7) is 0. The summed E-state index contributed by atoms with van der Waals surface area (Å²) in [6, 6.07) is 1.56. The van der Waals surface area contributed by atoms with Crippen molar-refractivity contribution in [2.24, 2.45) is 5.73 Å². The lowest BCUT2D eigenvalue weighted by molar-refractivity contribution is 0.100. The molecule has 2 aromatic rings. The maximum absolute atomic E-state index is 11.1. The topological polar surface area (TPSA) is 122 Å². The van der Waals surface area contributed by atoms with Crippen LogP contribution in [0.5, 0.6) is 5.88 Å². The van der Waals surface area contributed by atoms with Crippen LogP contribution >= 0.6 is 11.8 Å². The molecule has 0 saturated heterocycles. The summed E-state index contributed by atoms with van der Waals surface area (Å²) in [5.41, 5.74) is 11.1. The van der Waals surface area contributed by atoms with Gasteiger partial charge in [-0.2, -0.15) is 14.8 Å². The highest BCUT2D eigenvalue weighted by Gasteiger charge is 2.15. The molecule has 1 amide bonds. The van der Waals surface area contributed by atoms with Gasteiger partial charge in [0.05, 0.1) is 13.3 Å². The van der Waals surface area contributed by atoms with Gasteiger partial charge in [-0.3, -0.25) is 4.79 Å². The summed E-state index contributed by atoms with van der Waals surface area (Å²) in [4.78, 5) is 19.5. The molecule has 100 valence electrons. The smallest absolute Gasteiger partial charge is 0.254 e. The van der Waals surface area contributed by atoms with E-state index < -0.39 is 5.91 Å². The second-order valence-corrected chi connectivity index (χ2v) is 4.25. The van der Waals surface area contributed by atoms with E-state index in [2.05, 4.69) is 15.1 Å². The molecule has 0 atom stereocenters. The third-order valence-electron chi connectivity index (χ3n) is 2.35. The van der Waals surface area contributed by atoms with Crippen LogP contribution in [-0.2, 0) is 0 Å². The van der Waals surface area contributed by atoms with E-state index in [0.29, 0.717) is 16.9 Å². The molecule has 0 aromatic carbocycles. The van der Waals surface area contributed by atoms with E-state index in [4.69, 9.17) is 16.2 Å². The van der Waals surface area contributed by atoms with E-state index in [-0.39, 0.29) is 11.4 Å². The van der Waals surface area contributed by atoms with E-state index in [9.17, 15) is 4.79 Å². The Morgan fingerprint density at radius 1 is 1.47 bits per heavy atom. The average Bonchev–Trinajstić information content (AvgIpc) is 2.80. The summed E-state index contributed by atoms with van der Waals surface area (Å²) in [7, 11) is 1.50. The highest BCUT2D eigenvalue weighted by atomic mass is 32.2. The zero-order chi connectivity index (χ0) is 14.0. The van der Waals surface area contributed by atoms with Crippen LogP contribution in [0, 0.1) is 0 Å². The van der Waals surface area contributed by atoms with Crippen molar-refractivity contribution in [1.82, 2.24) is 19.7 Å². The molecule has 4 N–H and O–H groups in total. The Balaban J connectivity index is 2.55. The maximum atomic E-state index is 11.1. The quantitative estimate of drug-likeness (QED) is 0.600. The molecule has 9 heteroatoms. The molecule has 0 radical (unpaired) electrons. The van der Waals surface area contributed by atoms with Crippen LogP contribution in [0.3, 0.4) is 0 Å². The molecule has 0 spiro atoms. The van der Waals surface area contributed by atoms with Crippen LogP contribution in [-0.4, -0.2) is 39.0 Å². The van der Waals surface area contributed by atoms with Crippen molar-refractivity contribution in [3.8, 4) is 11.7 Å². The van der Waals surface area contributed by atoms with Crippen LogP contribution in [0.2, 0.25) is 0 Å². The molecule has 2 rings (SSSR count). The molecular formula is C10H12N6O2S. The first-order valence-electron chi connectivity index (χ1n) is 5.17. The first kappa shape index (κ1) is 13.1. The fourth-order valence-corrected chi connectivity index (χ4v) is 1.79. The van der Waals surface area contributed by atoms with Crippen molar-refractivity contribution < 1.29 is 9.53 Å². The molecule has 0 saturated carbocycles. The number of anilines is 1. The number of thioether (sulfide) groups is 1. The number of hydrogen-bond donors (Lipinski definition) is 2. The molecule has 8 nitrogen and oxygen atoms in total. The average molecular weight is 280 g/mol. The van der Waals surface area contributed by atoms with Gasteiger partial charge < -0.3 is 16.2 Å². The van der Waals surface area contributed by atoms with E-state index in [1.165, 1.54) is 29.8 Å². The van der Waals surface area contributed by atoms with Gasteiger partial charge in [0, 0.05) is 6.07 Å². The van der Waals surface area contributed by atoms with Gasteiger partial charge >= 0.3 is 0 Å². The number of rotatable bonds is 4.